The van der Waals surface area contributed by atoms with Crippen LogP contribution in [0.4, 0.5) is 0 Å². The fourth-order valence-electron chi connectivity index (χ4n) is 3.53. The molecule has 0 bridgehead atoms. The van der Waals surface area contributed by atoms with E-state index in [4.69, 9.17) is 16.3 Å². The first-order chi connectivity index (χ1) is 13.4. The molecule has 1 N–H and O–H groups in total. The fourth-order valence-corrected chi connectivity index (χ4v) is 3.64. The third kappa shape index (κ3) is 5.49. The van der Waals surface area contributed by atoms with Gasteiger partial charge in [0, 0.05) is 18.1 Å². The number of carbonyl (C=O) groups is 1. The number of rotatable bonds is 7. The lowest BCUT2D eigenvalue weighted by Crippen LogP contribution is -2.35. The molecule has 2 aromatic carbocycles. The molecule has 0 aliphatic carbocycles. The molecule has 3 rings (SSSR count). The molecule has 2 aromatic rings. The molecule has 0 unspecified atom stereocenters. The number of carbonyl (C=O) groups excluding carboxylic acids is 1. The van der Waals surface area contributed by atoms with Crippen LogP contribution in [-0.4, -0.2) is 30.0 Å². The Morgan fingerprint density at radius 3 is 2.29 bits per heavy atom. The number of ether oxygens (including phenoxy) is 1. The maximum absolute atomic E-state index is 12.4. The summed E-state index contributed by atoms with van der Waals surface area (Å²) in [5, 5.41) is 3.69. The predicted octanol–water partition coefficient (Wildman–Crippen LogP) is 4.64. The second-order valence-electron chi connectivity index (χ2n) is 7.65. The summed E-state index contributed by atoms with van der Waals surface area (Å²) in [5.41, 5.74) is 4.29. The number of nitrogens with zero attached hydrogens (tertiary/aromatic N) is 1. The molecule has 1 saturated heterocycles. The summed E-state index contributed by atoms with van der Waals surface area (Å²) in [7, 11) is 0. The topological polar surface area (TPSA) is 41.6 Å². The quantitative estimate of drug-likeness (QED) is 0.736. The van der Waals surface area contributed by atoms with Crippen LogP contribution in [0.1, 0.15) is 42.0 Å². The van der Waals surface area contributed by atoms with Crippen molar-refractivity contribution in [3.63, 3.8) is 0 Å². The van der Waals surface area contributed by atoms with E-state index in [0.29, 0.717) is 12.3 Å². The molecule has 1 aliphatic heterocycles. The molecule has 1 fully saturated rings. The average molecular weight is 401 g/mol. The lowest BCUT2D eigenvalue weighted by atomic mass is 10.1. The van der Waals surface area contributed by atoms with Gasteiger partial charge in [-0.1, -0.05) is 35.9 Å². The summed E-state index contributed by atoms with van der Waals surface area (Å²) in [5.74, 6) is 0.528. The molecule has 150 valence electrons. The van der Waals surface area contributed by atoms with E-state index in [1.807, 2.05) is 26.0 Å². The number of benzene rings is 2. The zero-order valence-electron chi connectivity index (χ0n) is 16.9. The summed E-state index contributed by atoms with van der Waals surface area (Å²) in [6.45, 7) is 9.52. The molecule has 0 saturated carbocycles. The minimum absolute atomic E-state index is 0.133. The molecule has 1 atom stereocenters. The van der Waals surface area contributed by atoms with E-state index in [-0.39, 0.29) is 5.91 Å². The normalized spacial score (nSPS) is 15.4. The number of hydrogen-bond acceptors (Lipinski definition) is 3. The first-order valence-electron chi connectivity index (χ1n) is 9.93. The molecule has 28 heavy (non-hydrogen) atoms. The Labute approximate surface area is 172 Å². The highest BCUT2D eigenvalue weighted by Gasteiger charge is 2.16. The molecular weight excluding hydrogens is 372 g/mol. The van der Waals surface area contributed by atoms with Crippen LogP contribution in [0.3, 0.4) is 0 Å². The number of likely N-dealkylation sites (tertiary alicyclic amines) is 1. The Morgan fingerprint density at radius 1 is 1.11 bits per heavy atom. The molecule has 5 heteroatoms. The van der Waals surface area contributed by atoms with Crippen molar-refractivity contribution in [2.45, 2.75) is 52.8 Å². The highest BCUT2D eigenvalue weighted by molar-refractivity contribution is 6.32. The van der Waals surface area contributed by atoms with Crippen LogP contribution in [0.2, 0.25) is 5.02 Å². The van der Waals surface area contributed by atoms with Gasteiger partial charge in [-0.25, -0.2) is 0 Å². The zero-order valence-corrected chi connectivity index (χ0v) is 17.7. The fraction of sp³-hybridized carbons (Fsp3) is 0.435. The molecule has 1 amide bonds. The van der Waals surface area contributed by atoms with Crippen molar-refractivity contribution in [1.82, 2.24) is 10.2 Å². The van der Waals surface area contributed by atoms with E-state index in [1.165, 1.54) is 31.5 Å². The molecular formula is C23H29ClN2O2. The van der Waals surface area contributed by atoms with Gasteiger partial charge in [0.15, 0.2) is 6.10 Å². The largest absolute Gasteiger partial charge is 0.481 e. The van der Waals surface area contributed by atoms with Gasteiger partial charge >= 0.3 is 0 Å². The third-order valence-corrected chi connectivity index (χ3v) is 5.78. The Kier molecular flexibility index (Phi) is 6.97. The first kappa shape index (κ1) is 20.7. The highest BCUT2D eigenvalue weighted by Crippen LogP contribution is 2.26. The van der Waals surface area contributed by atoms with Crippen molar-refractivity contribution in [3.8, 4) is 5.75 Å². The third-order valence-electron chi connectivity index (χ3n) is 5.19. The lowest BCUT2D eigenvalue weighted by molar-refractivity contribution is -0.127. The minimum Gasteiger partial charge on any atom is -0.481 e. The Bertz CT molecular complexity index is 791. The van der Waals surface area contributed by atoms with Gasteiger partial charge in [0.25, 0.3) is 5.91 Å². The van der Waals surface area contributed by atoms with Gasteiger partial charge in [-0.3, -0.25) is 9.69 Å². The maximum atomic E-state index is 12.4. The molecule has 0 radical (unpaired) electrons. The smallest absolute Gasteiger partial charge is 0.261 e. The summed E-state index contributed by atoms with van der Waals surface area (Å²) in [6.07, 6.45) is 2.04. The molecule has 0 spiro atoms. The van der Waals surface area contributed by atoms with Crippen molar-refractivity contribution in [2.75, 3.05) is 13.1 Å². The Balaban J connectivity index is 1.49. The SMILES string of the molecule is Cc1cc(O[C@H](C)C(=O)NCc2ccc(CN3CCCC3)cc2)cc(C)c1Cl. The summed E-state index contributed by atoms with van der Waals surface area (Å²) in [6, 6.07) is 12.2. The van der Waals surface area contributed by atoms with Gasteiger partial charge in [0.2, 0.25) is 0 Å². The van der Waals surface area contributed by atoms with E-state index in [9.17, 15) is 4.79 Å². The van der Waals surface area contributed by atoms with Crippen molar-refractivity contribution in [3.05, 3.63) is 63.7 Å². The number of halogens is 1. The summed E-state index contributed by atoms with van der Waals surface area (Å²) in [4.78, 5) is 14.9. The number of hydrogen-bond donors (Lipinski definition) is 1. The summed E-state index contributed by atoms with van der Waals surface area (Å²) < 4.78 is 5.80. The highest BCUT2D eigenvalue weighted by atomic mass is 35.5. The average Bonchev–Trinajstić information content (AvgIpc) is 3.18. The van der Waals surface area contributed by atoms with Gasteiger partial charge in [-0.2, -0.15) is 0 Å². The number of nitrogens with one attached hydrogen (secondary N) is 1. The second kappa shape index (κ2) is 9.44. The van der Waals surface area contributed by atoms with Crippen LogP contribution in [0.15, 0.2) is 36.4 Å². The number of amides is 1. The van der Waals surface area contributed by atoms with E-state index in [1.54, 1.807) is 6.92 Å². The lowest BCUT2D eigenvalue weighted by Gasteiger charge is -2.17. The van der Waals surface area contributed by atoms with Crippen LogP contribution < -0.4 is 10.1 Å². The molecule has 4 nitrogen and oxygen atoms in total. The van der Waals surface area contributed by atoms with Crippen molar-refractivity contribution < 1.29 is 9.53 Å². The van der Waals surface area contributed by atoms with Crippen LogP contribution in [0.5, 0.6) is 5.75 Å². The first-order valence-corrected chi connectivity index (χ1v) is 10.3. The second-order valence-corrected chi connectivity index (χ2v) is 8.03. The van der Waals surface area contributed by atoms with Crippen molar-refractivity contribution in [2.24, 2.45) is 0 Å². The van der Waals surface area contributed by atoms with E-state index in [0.717, 1.165) is 28.3 Å². The van der Waals surface area contributed by atoms with Crippen molar-refractivity contribution in [1.29, 1.82) is 0 Å². The monoisotopic (exact) mass is 400 g/mol. The molecule has 0 aromatic heterocycles. The minimum atomic E-state index is -0.575. The molecule has 1 heterocycles. The van der Waals surface area contributed by atoms with Gasteiger partial charge < -0.3 is 10.1 Å². The summed E-state index contributed by atoms with van der Waals surface area (Å²) >= 11 is 6.19. The van der Waals surface area contributed by atoms with Crippen LogP contribution in [0, 0.1) is 13.8 Å². The van der Waals surface area contributed by atoms with E-state index < -0.39 is 6.10 Å². The standard InChI is InChI=1S/C23H29ClN2O2/c1-16-12-21(13-17(2)22(16)24)28-18(3)23(27)25-14-19-6-8-20(9-7-19)15-26-10-4-5-11-26/h6-9,12-13,18H,4-5,10-11,14-15H2,1-3H3,(H,25,27)/t18-/m1/s1. The molecule has 1 aliphatic rings. The van der Waals surface area contributed by atoms with E-state index >= 15 is 0 Å². The van der Waals surface area contributed by atoms with Gasteiger partial charge in [0.1, 0.15) is 5.75 Å². The van der Waals surface area contributed by atoms with Crippen molar-refractivity contribution >= 4 is 17.5 Å². The van der Waals surface area contributed by atoms with Gasteiger partial charge in [-0.15, -0.1) is 0 Å². The predicted molar refractivity (Wildman–Crippen MR) is 114 cm³/mol. The van der Waals surface area contributed by atoms with Gasteiger partial charge in [0.05, 0.1) is 0 Å². The Morgan fingerprint density at radius 2 is 1.68 bits per heavy atom. The van der Waals surface area contributed by atoms with Crippen LogP contribution in [-0.2, 0) is 17.9 Å². The van der Waals surface area contributed by atoms with Crippen LogP contribution >= 0.6 is 11.6 Å². The van der Waals surface area contributed by atoms with Crippen LogP contribution in [0.25, 0.3) is 0 Å². The van der Waals surface area contributed by atoms with Gasteiger partial charge in [-0.05, 0) is 81.1 Å². The zero-order chi connectivity index (χ0) is 20.1. The number of aryl methyl sites for hydroxylation is 2. The maximum Gasteiger partial charge on any atom is 0.261 e. The van der Waals surface area contributed by atoms with E-state index in [2.05, 4.69) is 34.5 Å². The Hall–Kier alpha value is -2.04.